The largest absolute Gasteiger partial charge is 0.434 e. The first-order chi connectivity index (χ1) is 10.9. The standard InChI is InChI=1S/C15H22F3N3OS.ClH/c1-2-11(14-21-12(9-23-14)15(16,17)18)20-13(22)4-3-10-5-7-19-8-6-10;/h9-11,19H,2-8H2,1H3,(H,20,22);1H. The van der Waals surface area contributed by atoms with Gasteiger partial charge >= 0.3 is 6.18 Å². The molecular formula is C15H23ClF3N3OS. The van der Waals surface area contributed by atoms with Gasteiger partial charge in [0.1, 0.15) is 5.01 Å². The topological polar surface area (TPSA) is 54.0 Å². The predicted octanol–water partition coefficient (Wildman–Crippen LogP) is 3.93. The monoisotopic (exact) mass is 385 g/mol. The number of hydrogen-bond donors (Lipinski definition) is 2. The molecule has 1 unspecified atom stereocenters. The molecule has 138 valence electrons. The van der Waals surface area contributed by atoms with E-state index < -0.39 is 17.9 Å². The zero-order chi connectivity index (χ0) is 16.9. The van der Waals surface area contributed by atoms with E-state index in [1.807, 2.05) is 6.92 Å². The quantitative estimate of drug-likeness (QED) is 0.780. The lowest BCUT2D eigenvalue weighted by atomic mass is 9.93. The van der Waals surface area contributed by atoms with E-state index in [1.165, 1.54) is 0 Å². The minimum absolute atomic E-state index is 0. The Morgan fingerprint density at radius 1 is 1.46 bits per heavy atom. The molecule has 2 heterocycles. The van der Waals surface area contributed by atoms with Crippen LogP contribution in [0.4, 0.5) is 13.2 Å². The lowest BCUT2D eigenvalue weighted by Gasteiger charge is -2.22. The lowest BCUT2D eigenvalue weighted by Crippen LogP contribution is -2.31. The van der Waals surface area contributed by atoms with E-state index in [-0.39, 0.29) is 18.3 Å². The van der Waals surface area contributed by atoms with Gasteiger partial charge in [-0.05, 0) is 44.7 Å². The van der Waals surface area contributed by atoms with Gasteiger partial charge < -0.3 is 10.6 Å². The van der Waals surface area contributed by atoms with Gasteiger partial charge in [-0.1, -0.05) is 6.92 Å². The summed E-state index contributed by atoms with van der Waals surface area (Å²) >= 11 is 0.943. The molecule has 1 atom stereocenters. The Hall–Kier alpha value is -0.860. The third kappa shape index (κ3) is 6.22. The van der Waals surface area contributed by atoms with Crippen LogP contribution in [0.3, 0.4) is 0 Å². The molecule has 24 heavy (non-hydrogen) atoms. The normalized spacial score (nSPS) is 17.2. The van der Waals surface area contributed by atoms with Crippen LogP contribution in [0, 0.1) is 5.92 Å². The number of aromatic nitrogens is 1. The summed E-state index contributed by atoms with van der Waals surface area (Å²) < 4.78 is 37.8. The summed E-state index contributed by atoms with van der Waals surface area (Å²) in [5, 5.41) is 7.41. The Morgan fingerprint density at radius 3 is 2.67 bits per heavy atom. The summed E-state index contributed by atoms with van der Waals surface area (Å²) in [5.74, 6) is 0.443. The first kappa shape index (κ1) is 21.2. The van der Waals surface area contributed by atoms with Crippen LogP contribution in [-0.2, 0) is 11.0 Å². The van der Waals surface area contributed by atoms with Crippen molar-refractivity contribution in [1.29, 1.82) is 0 Å². The first-order valence-electron chi connectivity index (χ1n) is 7.92. The van der Waals surface area contributed by atoms with Crippen LogP contribution >= 0.6 is 23.7 Å². The van der Waals surface area contributed by atoms with Crippen molar-refractivity contribution in [3.8, 4) is 0 Å². The van der Waals surface area contributed by atoms with Gasteiger partial charge in [-0.2, -0.15) is 13.2 Å². The molecular weight excluding hydrogens is 363 g/mol. The fraction of sp³-hybridized carbons (Fsp3) is 0.733. The summed E-state index contributed by atoms with van der Waals surface area (Å²) in [7, 11) is 0. The molecule has 9 heteroatoms. The second-order valence-electron chi connectivity index (χ2n) is 5.83. The van der Waals surface area contributed by atoms with Crippen molar-refractivity contribution in [1.82, 2.24) is 15.6 Å². The van der Waals surface area contributed by atoms with E-state index in [2.05, 4.69) is 15.6 Å². The van der Waals surface area contributed by atoms with Gasteiger partial charge in [0.25, 0.3) is 0 Å². The van der Waals surface area contributed by atoms with Gasteiger partial charge in [-0.3, -0.25) is 4.79 Å². The van der Waals surface area contributed by atoms with E-state index in [4.69, 9.17) is 0 Å². The minimum atomic E-state index is -4.44. The van der Waals surface area contributed by atoms with Crippen LogP contribution in [0.1, 0.15) is 55.8 Å². The molecule has 1 fully saturated rings. The smallest absolute Gasteiger partial charge is 0.347 e. The number of alkyl halides is 3. The molecule has 0 spiro atoms. The molecule has 4 nitrogen and oxygen atoms in total. The molecule has 1 aliphatic rings. The Kier molecular flexibility index (Phi) is 8.45. The number of piperidine rings is 1. The zero-order valence-electron chi connectivity index (χ0n) is 13.5. The molecule has 2 N–H and O–H groups in total. The second-order valence-corrected chi connectivity index (χ2v) is 6.72. The number of thiazole rings is 1. The van der Waals surface area contributed by atoms with E-state index in [1.54, 1.807) is 0 Å². The fourth-order valence-electron chi connectivity index (χ4n) is 2.69. The van der Waals surface area contributed by atoms with Crippen molar-refractivity contribution < 1.29 is 18.0 Å². The third-order valence-corrected chi connectivity index (χ3v) is 5.05. The van der Waals surface area contributed by atoms with Gasteiger partial charge in [0.2, 0.25) is 5.91 Å². The van der Waals surface area contributed by atoms with Gasteiger partial charge in [-0.15, -0.1) is 23.7 Å². The van der Waals surface area contributed by atoms with Crippen LogP contribution < -0.4 is 10.6 Å². The van der Waals surface area contributed by atoms with Crippen molar-refractivity contribution in [3.63, 3.8) is 0 Å². The number of hydrogen-bond acceptors (Lipinski definition) is 4. The summed E-state index contributed by atoms with van der Waals surface area (Å²) in [6.45, 7) is 3.80. The van der Waals surface area contributed by atoms with Crippen molar-refractivity contribution in [2.75, 3.05) is 13.1 Å². The van der Waals surface area contributed by atoms with Crippen LogP contribution in [-0.4, -0.2) is 24.0 Å². The highest BCUT2D eigenvalue weighted by Crippen LogP contribution is 2.32. The van der Waals surface area contributed by atoms with E-state index in [0.717, 1.165) is 49.1 Å². The number of amides is 1. The molecule has 1 aromatic rings. The van der Waals surface area contributed by atoms with Crippen LogP contribution in [0.25, 0.3) is 0 Å². The average Bonchev–Trinajstić information content (AvgIpc) is 3.01. The van der Waals surface area contributed by atoms with Crippen molar-refractivity contribution in [2.45, 2.75) is 51.2 Å². The Labute approximate surface area is 150 Å². The fourth-order valence-corrected chi connectivity index (χ4v) is 3.65. The molecule has 0 aromatic carbocycles. The lowest BCUT2D eigenvalue weighted by molar-refractivity contribution is -0.140. The molecule has 0 radical (unpaired) electrons. The molecule has 1 amide bonds. The number of carbonyl (C=O) groups excluding carboxylic acids is 1. The number of halogens is 4. The minimum Gasteiger partial charge on any atom is -0.347 e. The first-order valence-corrected chi connectivity index (χ1v) is 8.80. The van der Waals surface area contributed by atoms with E-state index in [0.29, 0.717) is 23.8 Å². The molecule has 1 aromatic heterocycles. The second kappa shape index (κ2) is 9.58. The molecule has 2 rings (SSSR count). The van der Waals surface area contributed by atoms with Crippen LogP contribution in [0.2, 0.25) is 0 Å². The van der Waals surface area contributed by atoms with Gasteiger partial charge in [0.15, 0.2) is 5.69 Å². The maximum absolute atomic E-state index is 12.6. The highest BCUT2D eigenvalue weighted by atomic mass is 35.5. The summed E-state index contributed by atoms with van der Waals surface area (Å²) in [4.78, 5) is 15.7. The molecule has 0 aliphatic carbocycles. The Bertz CT molecular complexity index is 518. The highest BCUT2D eigenvalue weighted by molar-refractivity contribution is 7.09. The van der Waals surface area contributed by atoms with Gasteiger partial charge in [0.05, 0.1) is 6.04 Å². The number of nitrogens with zero attached hydrogens (tertiary/aromatic N) is 1. The van der Waals surface area contributed by atoms with E-state index in [9.17, 15) is 18.0 Å². The summed E-state index contributed by atoms with van der Waals surface area (Å²) in [6, 6.07) is -0.448. The molecule has 1 saturated heterocycles. The van der Waals surface area contributed by atoms with Crippen molar-refractivity contribution in [2.24, 2.45) is 5.92 Å². The number of carbonyl (C=O) groups is 1. The maximum Gasteiger partial charge on any atom is 0.434 e. The summed E-state index contributed by atoms with van der Waals surface area (Å²) in [6.07, 6.45) is -0.526. The third-order valence-electron chi connectivity index (χ3n) is 4.09. The van der Waals surface area contributed by atoms with Crippen LogP contribution in [0.15, 0.2) is 5.38 Å². The highest BCUT2D eigenvalue weighted by Gasteiger charge is 2.34. The molecule has 1 aliphatic heterocycles. The maximum atomic E-state index is 12.6. The zero-order valence-corrected chi connectivity index (χ0v) is 15.1. The Balaban J connectivity index is 0.00000288. The van der Waals surface area contributed by atoms with Crippen molar-refractivity contribution >= 4 is 29.7 Å². The number of rotatable bonds is 6. The van der Waals surface area contributed by atoms with Crippen molar-refractivity contribution in [3.05, 3.63) is 16.1 Å². The van der Waals surface area contributed by atoms with Crippen LogP contribution in [0.5, 0.6) is 0 Å². The van der Waals surface area contributed by atoms with Gasteiger partial charge in [0, 0.05) is 11.8 Å². The SMILES string of the molecule is CCC(NC(=O)CCC1CCNCC1)c1nc(C(F)(F)F)cs1.Cl. The molecule has 0 saturated carbocycles. The Morgan fingerprint density at radius 2 is 2.12 bits per heavy atom. The average molecular weight is 386 g/mol. The number of nitrogens with one attached hydrogen (secondary N) is 2. The van der Waals surface area contributed by atoms with Gasteiger partial charge in [-0.25, -0.2) is 4.98 Å². The summed E-state index contributed by atoms with van der Waals surface area (Å²) in [5.41, 5.74) is -0.889. The molecule has 0 bridgehead atoms. The predicted molar refractivity (Wildman–Crippen MR) is 90.4 cm³/mol. The van der Waals surface area contributed by atoms with E-state index >= 15 is 0 Å².